The second-order valence-corrected chi connectivity index (χ2v) is 4.01. The number of allylic oxidation sites excluding steroid dienone is 2. The summed E-state index contributed by atoms with van der Waals surface area (Å²) in [6.07, 6.45) is 5.79. The molecule has 1 nitrogen and oxygen atoms in total. The lowest BCUT2D eigenvalue weighted by Gasteiger charge is -2.10. The van der Waals surface area contributed by atoms with Gasteiger partial charge in [0.1, 0.15) is 5.78 Å². The van der Waals surface area contributed by atoms with Crippen LogP contribution in [-0.4, -0.2) is 5.78 Å². The van der Waals surface area contributed by atoms with Gasteiger partial charge in [0, 0.05) is 6.42 Å². The first-order valence-electron chi connectivity index (χ1n) is 4.09. The quantitative estimate of drug-likeness (QED) is 0.571. The molecule has 1 heteroatoms. The van der Waals surface area contributed by atoms with Crippen molar-refractivity contribution in [2.24, 2.45) is 5.41 Å². The fourth-order valence-corrected chi connectivity index (χ4v) is 0.723. The minimum Gasteiger partial charge on any atom is -0.300 e. The monoisotopic (exact) mass is 154 g/mol. The molecule has 0 spiro atoms. The van der Waals surface area contributed by atoms with Crippen LogP contribution in [0, 0.1) is 5.41 Å². The van der Waals surface area contributed by atoms with Crippen molar-refractivity contribution in [1.29, 1.82) is 0 Å². The Hall–Kier alpha value is -0.590. The number of rotatable bonds is 3. The zero-order valence-corrected chi connectivity index (χ0v) is 7.98. The van der Waals surface area contributed by atoms with Crippen LogP contribution in [0.25, 0.3) is 0 Å². The summed E-state index contributed by atoms with van der Waals surface area (Å²) in [4.78, 5) is 10.5. The molecule has 0 unspecified atom stereocenters. The standard InChI is InChI=1S/C10H18O/c1-9(11)7-5-6-8-10(2,3)4/h6,8H,5,7H2,1-4H3. The Morgan fingerprint density at radius 2 is 1.91 bits per heavy atom. The van der Waals surface area contributed by atoms with Gasteiger partial charge in [-0.05, 0) is 18.8 Å². The van der Waals surface area contributed by atoms with Crippen LogP contribution >= 0.6 is 0 Å². The molecule has 0 atom stereocenters. The number of hydrogen-bond acceptors (Lipinski definition) is 1. The normalized spacial score (nSPS) is 12.4. The molecule has 0 aliphatic heterocycles. The van der Waals surface area contributed by atoms with Crippen LogP contribution in [0.2, 0.25) is 0 Å². The molecule has 0 saturated heterocycles. The molecule has 0 aromatic carbocycles. The average Bonchev–Trinajstić information content (AvgIpc) is 1.78. The van der Waals surface area contributed by atoms with Gasteiger partial charge in [0.05, 0.1) is 0 Å². The molecule has 0 aromatic heterocycles. The predicted octanol–water partition coefficient (Wildman–Crippen LogP) is 2.96. The van der Waals surface area contributed by atoms with E-state index >= 15 is 0 Å². The molecule has 0 saturated carbocycles. The Labute approximate surface area is 69.5 Å². The summed E-state index contributed by atoms with van der Waals surface area (Å²) in [6, 6.07) is 0. The van der Waals surface area contributed by atoms with Crippen LogP contribution in [0.1, 0.15) is 40.5 Å². The van der Waals surface area contributed by atoms with Crippen LogP contribution in [0.3, 0.4) is 0 Å². The van der Waals surface area contributed by atoms with E-state index in [0.717, 1.165) is 6.42 Å². The lowest BCUT2D eigenvalue weighted by atomic mass is 9.96. The molecule has 0 heterocycles. The Kier molecular flexibility index (Phi) is 4.09. The van der Waals surface area contributed by atoms with E-state index < -0.39 is 0 Å². The van der Waals surface area contributed by atoms with E-state index in [-0.39, 0.29) is 11.2 Å². The smallest absolute Gasteiger partial charge is 0.130 e. The molecule has 0 bridgehead atoms. The largest absolute Gasteiger partial charge is 0.300 e. The van der Waals surface area contributed by atoms with Gasteiger partial charge in [-0.15, -0.1) is 0 Å². The van der Waals surface area contributed by atoms with Gasteiger partial charge in [-0.2, -0.15) is 0 Å². The lowest BCUT2D eigenvalue weighted by Crippen LogP contribution is -1.98. The molecule has 64 valence electrons. The Morgan fingerprint density at radius 1 is 1.36 bits per heavy atom. The lowest BCUT2D eigenvalue weighted by molar-refractivity contribution is -0.116. The number of Topliss-reactive ketones (excluding diaryl/α,β-unsaturated/α-hetero) is 1. The summed E-state index contributed by atoms with van der Waals surface area (Å²) >= 11 is 0. The fourth-order valence-electron chi connectivity index (χ4n) is 0.723. The van der Waals surface area contributed by atoms with E-state index in [1.807, 2.05) is 0 Å². The molecule has 0 aliphatic rings. The molecular formula is C10H18O. The van der Waals surface area contributed by atoms with Gasteiger partial charge >= 0.3 is 0 Å². The third-order valence-corrected chi connectivity index (χ3v) is 1.28. The molecule has 0 radical (unpaired) electrons. The maximum Gasteiger partial charge on any atom is 0.130 e. The van der Waals surface area contributed by atoms with Gasteiger partial charge in [0.2, 0.25) is 0 Å². The maximum absolute atomic E-state index is 10.5. The van der Waals surface area contributed by atoms with Crippen molar-refractivity contribution in [3.8, 4) is 0 Å². The predicted molar refractivity (Wildman–Crippen MR) is 48.5 cm³/mol. The van der Waals surface area contributed by atoms with E-state index in [2.05, 4.69) is 32.9 Å². The molecule has 11 heavy (non-hydrogen) atoms. The van der Waals surface area contributed by atoms with E-state index in [4.69, 9.17) is 0 Å². The van der Waals surface area contributed by atoms with Crippen molar-refractivity contribution in [2.45, 2.75) is 40.5 Å². The van der Waals surface area contributed by atoms with Crippen LogP contribution < -0.4 is 0 Å². The molecule has 0 N–H and O–H groups in total. The van der Waals surface area contributed by atoms with Crippen molar-refractivity contribution >= 4 is 5.78 Å². The molecule has 0 aromatic rings. The Bertz CT molecular complexity index is 149. The first-order chi connectivity index (χ1) is 4.92. The van der Waals surface area contributed by atoms with Gasteiger partial charge in [-0.1, -0.05) is 32.9 Å². The fraction of sp³-hybridized carbons (Fsp3) is 0.700. The van der Waals surface area contributed by atoms with Gasteiger partial charge in [0.15, 0.2) is 0 Å². The van der Waals surface area contributed by atoms with E-state index in [0.29, 0.717) is 6.42 Å². The third kappa shape index (κ3) is 9.41. The van der Waals surface area contributed by atoms with Gasteiger partial charge in [-0.3, -0.25) is 0 Å². The SMILES string of the molecule is CC(=O)CCC=CC(C)(C)C. The van der Waals surface area contributed by atoms with E-state index in [1.165, 1.54) is 0 Å². The summed E-state index contributed by atoms with van der Waals surface area (Å²) in [6.45, 7) is 8.08. The second-order valence-electron chi connectivity index (χ2n) is 4.01. The third-order valence-electron chi connectivity index (χ3n) is 1.28. The minimum absolute atomic E-state index is 0.247. The highest BCUT2D eigenvalue weighted by Crippen LogP contribution is 2.14. The summed E-state index contributed by atoms with van der Waals surface area (Å²) in [5.41, 5.74) is 0.247. The summed E-state index contributed by atoms with van der Waals surface area (Å²) < 4.78 is 0. The highest BCUT2D eigenvalue weighted by Gasteiger charge is 2.02. The summed E-state index contributed by atoms with van der Waals surface area (Å²) in [5, 5.41) is 0. The molecule has 0 fully saturated rings. The van der Waals surface area contributed by atoms with Crippen LogP contribution in [0.4, 0.5) is 0 Å². The number of hydrogen-bond donors (Lipinski definition) is 0. The first kappa shape index (κ1) is 10.4. The summed E-state index contributed by atoms with van der Waals surface area (Å²) in [5.74, 6) is 0.267. The van der Waals surface area contributed by atoms with E-state index in [9.17, 15) is 4.79 Å². The molecule has 0 rings (SSSR count). The van der Waals surface area contributed by atoms with Crippen LogP contribution in [0.15, 0.2) is 12.2 Å². The van der Waals surface area contributed by atoms with Crippen LogP contribution in [0.5, 0.6) is 0 Å². The molecular weight excluding hydrogens is 136 g/mol. The highest BCUT2D eigenvalue weighted by atomic mass is 16.1. The van der Waals surface area contributed by atoms with Crippen molar-refractivity contribution < 1.29 is 4.79 Å². The Morgan fingerprint density at radius 3 is 2.27 bits per heavy atom. The first-order valence-corrected chi connectivity index (χ1v) is 4.09. The van der Waals surface area contributed by atoms with Crippen molar-refractivity contribution in [3.05, 3.63) is 12.2 Å². The molecule has 0 amide bonds. The zero-order valence-electron chi connectivity index (χ0n) is 7.98. The van der Waals surface area contributed by atoms with Gasteiger partial charge in [-0.25, -0.2) is 0 Å². The van der Waals surface area contributed by atoms with Crippen molar-refractivity contribution in [3.63, 3.8) is 0 Å². The van der Waals surface area contributed by atoms with Crippen molar-refractivity contribution in [1.82, 2.24) is 0 Å². The highest BCUT2D eigenvalue weighted by molar-refractivity contribution is 5.75. The molecule has 0 aliphatic carbocycles. The number of ketones is 1. The minimum atomic E-state index is 0.247. The van der Waals surface area contributed by atoms with Gasteiger partial charge < -0.3 is 4.79 Å². The Balaban J connectivity index is 3.54. The van der Waals surface area contributed by atoms with Crippen LogP contribution in [-0.2, 0) is 4.79 Å². The second kappa shape index (κ2) is 4.32. The van der Waals surface area contributed by atoms with Crippen molar-refractivity contribution in [2.75, 3.05) is 0 Å². The zero-order chi connectivity index (χ0) is 8.91. The van der Waals surface area contributed by atoms with E-state index in [1.54, 1.807) is 6.92 Å². The average molecular weight is 154 g/mol. The summed E-state index contributed by atoms with van der Waals surface area (Å²) in [7, 11) is 0. The maximum atomic E-state index is 10.5. The number of carbonyl (C=O) groups excluding carboxylic acids is 1. The number of carbonyl (C=O) groups is 1. The topological polar surface area (TPSA) is 17.1 Å². The van der Waals surface area contributed by atoms with Gasteiger partial charge in [0.25, 0.3) is 0 Å².